The van der Waals surface area contributed by atoms with Gasteiger partial charge in [0.15, 0.2) is 0 Å². The zero-order valence-corrected chi connectivity index (χ0v) is 11.4. The molecule has 0 fully saturated rings. The van der Waals surface area contributed by atoms with Gasteiger partial charge in [0.1, 0.15) is 0 Å². The molecule has 1 nitrogen and oxygen atoms in total. The van der Waals surface area contributed by atoms with E-state index >= 15 is 0 Å². The highest BCUT2D eigenvalue weighted by Crippen LogP contribution is 2.09. The molecule has 0 radical (unpaired) electrons. The second-order valence-electron chi connectivity index (χ2n) is 4.83. The summed E-state index contributed by atoms with van der Waals surface area (Å²) in [5, 5.41) is 8.51. The highest BCUT2D eigenvalue weighted by atomic mass is 16.2. The first kappa shape index (κ1) is 16.2. The number of benzene rings is 1. The van der Waals surface area contributed by atoms with Crippen LogP contribution < -0.4 is 0 Å². The van der Waals surface area contributed by atoms with E-state index in [1.165, 1.54) is 32.1 Å². The fourth-order valence-electron chi connectivity index (χ4n) is 1.58. The maximum Gasteiger partial charge on any atom is 0.0431 e. The SMILES string of the molecule is CC(C)CCCCCCCO.c1ccccc1. The van der Waals surface area contributed by atoms with E-state index in [1.807, 2.05) is 36.4 Å². The maximum atomic E-state index is 8.51. The summed E-state index contributed by atoms with van der Waals surface area (Å²) in [6.07, 6.45) is 7.56. The van der Waals surface area contributed by atoms with Crippen molar-refractivity contribution in [1.29, 1.82) is 0 Å². The number of aliphatic hydroxyl groups excluding tert-OH is 1. The third-order valence-electron chi connectivity index (χ3n) is 2.61. The van der Waals surface area contributed by atoms with Gasteiger partial charge in [-0.3, -0.25) is 0 Å². The van der Waals surface area contributed by atoms with Crippen molar-refractivity contribution in [2.24, 2.45) is 5.92 Å². The molecule has 1 heteroatoms. The van der Waals surface area contributed by atoms with Crippen LogP contribution in [0.3, 0.4) is 0 Å². The molecule has 1 N–H and O–H groups in total. The maximum absolute atomic E-state index is 8.51. The van der Waals surface area contributed by atoms with Crippen LogP contribution in [0.25, 0.3) is 0 Å². The molecule has 0 spiro atoms. The quantitative estimate of drug-likeness (QED) is 0.683. The van der Waals surface area contributed by atoms with E-state index < -0.39 is 0 Å². The Hall–Kier alpha value is -0.820. The molecule has 1 aromatic carbocycles. The zero-order valence-electron chi connectivity index (χ0n) is 11.4. The van der Waals surface area contributed by atoms with Gasteiger partial charge in [0.2, 0.25) is 0 Å². The van der Waals surface area contributed by atoms with Crippen molar-refractivity contribution in [3.8, 4) is 0 Å². The molecule has 0 saturated heterocycles. The van der Waals surface area contributed by atoms with Crippen molar-refractivity contribution in [3.63, 3.8) is 0 Å². The van der Waals surface area contributed by atoms with Crippen molar-refractivity contribution in [2.45, 2.75) is 52.4 Å². The third-order valence-corrected chi connectivity index (χ3v) is 2.61. The Morgan fingerprint density at radius 1 is 0.706 bits per heavy atom. The van der Waals surface area contributed by atoms with Crippen LogP contribution >= 0.6 is 0 Å². The van der Waals surface area contributed by atoms with Crippen LogP contribution in [0.1, 0.15) is 52.4 Å². The fourth-order valence-corrected chi connectivity index (χ4v) is 1.58. The Balaban J connectivity index is 0.000000354. The van der Waals surface area contributed by atoms with Gasteiger partial charge in [-0.2, -0.15) is 0 Å². The van der Waals surface area contributed by atoms with Crippen molar-refractivity contribution in [1.82, 2.24) is 0 Å². The smallest absolute Gasteiger partial charge is 0.0431 e. The average Bonchev–Trinajstić information content (AvgIpc) is 2.36. The third kappa shape index (κ3) is 15.2. The zero-order chi connectivity index (χ0) is 12.8. The van der Waals surface area contributed by atoms with Gasteiger partial charge in [0.25, 0.3) is 0 Å². The van der Waals surface area contributed by atoms with Crippen LogP contribution in [0.2, 0.25) is 0 Å². The van der Waals surface area contributed by atoms with E-state index in [-0.39, 0.29) is 0 Å². The van der Waals surface area contributed by atoms with Gasteiger partial charge in [-0.05, 0) is 12.3 Å². The molecule has 0 aliphatic carbocycles. The molecule has 0 saturated carbocycles. The van der Waals surface area contributed by atoms with Gasteiger partial charge >= 0.3 is 0 Å². The van der Waals surface area contributed by atoms with Gasteiger partial charge in [0, 0.05) is 6.61 Å². The second-order valence-corrected chi connectivity index (χ2v) is 4.83. The van der Waals surface area contributed by atoms with Crippen LogP contribution in [0.5, 0.6) is 0 Å². The topological polar surface area (TPSA) is 20.2 Å². The molecule has 0 unspecified atom stereocenters. The van der Waals surface area contributed by atoms with Gasteiger partial charge in [-0.25, -0.2) is 0 Å². The largest absolute Gasteiger partial charge is 0.396 e. The molecular formula is C16H28O. The molecule has 0 heterocycles. The van der Waals surface area contributed by atoms with Crippen molar-refractivity contribution >= 4 is 0 Å². The Bertz CT molecular complexity index is 192. The van der Waals surface area contributed by atoms with Crippen molar-refractivity contribution < 1.29 is 5.11 Å². The molecule has 0 amide bonds. The molecule has 0 aliphatic rings. The first-order valence-electron chi connectivity index (χ1n) is 6.88. The van der Waals surface area contributed by atoms with Crippen LogP contribution in [0, 0.1) is 5.92 Å². The molecule has 0 atom stereocenters. The molecular weight excluding hydrogens is 208 g/mol. The lowest BCUT2D eigenvalue weighted by molar-refractivity contribution is 0.282. The number of hydrogen-bond donors (Lipinski definition) is 1. The molecule has 0 aliphatic heterocycles. The van der Waals surface area contributed by atoms with Crippen LogP contribution in [0.4, 0.5) is 0 Å². The van der Waals surface area contributed by atoms with Gasteiger partial charge in [-0.1, -0.05) is 82.3 Å². The summed E-state index contributed by atoms with van der Waals surface area (Å²) in [4.78, 5) is 0. The summed E-state index contributed by atoms with van der Waals surface area (Å²) >= 11 is 0. The molecule has 98 valence electrons. The normalized spacial score (nSPS) is 9.88. The van der Waals surface area contributed by atoms with E-state index in [0.29, 0.717) is 6.61 Å². The minimum Gasteiger partial charge on any atom is -0.396 e. The van der Waals surface area contributed by atoms with E-state index in [1.54, 1.807) is 0 Å². The summed E-state index contributed by atoms with van der Waals surface area (Å²) in [5.41, 5.74) is 0. The Labute approximate surface area is 107 Å². The van der Waals surface area contributed by atoms with Crippen LogP contribution in [0.15, 0.2) is 36.4 Å². The Morgan fingerprint density at radius 2 is 1.12 bits per heavy atom. The Morgan fingerprint density at radius 3 is 1.53 bits per heavy atom. The molecule has 0 aromatic heterocycles. The first-order chi connectivity index (χ1) is 8.27. The van der Waals surface area contributed by atoms with Crippen molar-refractivity contribution in [2.75, 3.05) is 6.61 Å². The molecule has 0 bridgehead atoms. The average molecular weight is 236 g/mol. The van der Waals surface area contributed by atoms with Gasteiger partial charge in [-0.15, -0.1) is 0 Å². The summed E-state index contributed by atoms with van der Waals surface area (Å²) in [5.74, 6) is 0.854. The lowest BCUT2D eigenvalue weighted by Crippen LogP contribution is -1.88. The standard InChI is InChI=1S/C10H22O.C6H6/c1-10(2)8-6-4-3-5-7-9-11;1-2-4-6-5-3-1/h10-11H,3-9H2,1-2H3;1-6H. The van der Waals surface area contributed by atoms with E-state index in [0.717, 1.165) is 12.3 Å². The summed E-state index contributed by atoms with van der Waals surface area (Å²) in [6.45, 7) is 4.91. The van der Waals surface area contributed by atoms with E-state index in [9.17, 15) is 0 Å². The summed E-state index contributed by atoms with van der Waals surface area (Å²) < 4.78 is 0. The number of unbranched alkanes of at least 4 members (excludes halogenated alkanes) is 4. The second kappa shape index (κ2) is 13.2. The van der Waals surface area contributed by atoms with E-state index in [2.05, 4.69) is 13.8 Å². The number of hydrogen-bond acceptors (Lipinski definition) is 1. The Kier molecular flexibility index (Phi) is 12.6. The minimum atomic E-state index is 0.365. The predicted molar refractivity (Wildman–Crippen MR) is 76.1 cm³/mol. The van der Waals surface area contributed by atoms with Crippen LogP contribution in [-0.2, 0) is 0 Å². The van der Waals surface area contributed by atoms with Crippen molar-refractivity contribution in [3.05, 3.63) is 36.4 Å². The molecule has 1 rings (SSSR count). The first-order valence-corrected chi connectivity index (χ1v) is 6.88. The lowest BCUT2D eigenvalue weighted by Gasteiger charge is -2.03. The van der Waals surface area contributed by atoms with Gasteiger partial charge < -0.3 is 5.11 Å². The molecule has 17 heavy (non-hydrogen) atoms. The highest BCUT2D eigenvalue weighted by molar-refractivity contribution is 4.99. The number of aliphatic hydroxyl groups is 1. The fraction of sp³-hybridized carbons (Fsp3) is 0.625. The monoisotopic (exact) mass is 236 g/mol. The minimum absolute atomic E-state index is 0.365. The summed E-state index contributed by atoms with van der Waals surface area (Å²) in [7, 11) is 0. The highest BCUT2D eigenvalue weighted by Gasteiger charge is 1.93. The van der Waals surface area contributed by atoms with Gasteiger partial charge in [0.05, 0.1) is 0 Å². The molecule has 1 aromatic rings. The predicted octanol–water partition coefficient (Wildman–Crippen LogP) is 4.66. The lowest BCUT2D eigenvalue weighted by atomic mass is 10.0. The number of rotatable bonds is 7. The summed E-state index contributed by atoms with van der Waals surface area (Å²) in [6, 6.07) is 12.0. The van der Waals surface area contributed by atoms with Crippen LogP contribution in [-0.4, -0.2) is 11.7 Å². The van der Waals surface area contributed by atoms with E-state index in [4.69, 9.17) is 5.11 Å².